The van der Waals surface area contributed by atoms with Gasteiger partial charge in [-0.05, 0) is 83.9 Å². The smallest absolute Gasteiger partial charge is 0.193 e. The Bertz CT molecular complexity index is 1050. The highest BCUT2D eigenvalue weighted by molar-refractivity contribution is 6.32. The monoisotopic (exact) mass is 472 g/mol. The van der Waals surface area contributed by atoms with Crippen LogP contribution in [0, 0.1) is 0 Å². The van der Waals surface area contributed by atoms with Gasteiger partial charge in [0.25, 0.3) is 0 Å². The van der Waals surface area contributed by atoms with E-state index in [1.54, 1.807) is 48.5 Å². The van der Waals surface area contributed by atoms with Crippen molar-refractivity contribution in [3.05, 3.63) is 128 Å². The molecule has 4 rings (SSSR count). The normalized spacial score (nSPS) is 10.1. The molecule has 0 saturated carbocycles. The zero-order valence-corrected chi connectivity index (χ0v) is 18.7. The molecule has 0 aliphatic heterocycles. The maximum Gasteiger partial charge on any atom is 0.193 e. The second-order valence-corrected chi connectivity index (χ2v) is 8.11. The van der Waals surface area contributed by atoms with Gasteiger partial charge < -0.3 is 0 Å². The number of halogens is 4. The molecule has 30 heavy (non-hydrogen) atoms. The Hall–Kier alpha value is -2.29. The van der Waals surface area contributed by atoms with E-state index in [2.05, 4.69) is 0 Å². The first-order valence-electron chi connectivity index (χ1n) is 9.00. The van der Waals surface area contributed by atoms with Crippen LogP contribution in [0.25, 0.3) is 11.1 Å². The number of hydrogen-bond acceptors (Lipinski definition) is 1. The Morgan fingerprint density at radius 2 is 0.833 bits per heavy atom. The third-order valence-corrected chi connectivity index (χ3v) is 5.17. The summed E-state index contributed by atoms with van der Waals surface area (Å²) in [7, 11) is 0. The van der Waals surface area contributed by atoms with E-state index in [1.165, 1.54) is 0 Å². The first-order chi connectivity index (χ1) is 14.4. The van der Waals surface area contributed by atoms with Gasteiger partial charge in [0, 0.05) is 31.2 Å². The molecule has 0 spiro atoms. The van der Waals surface area contributed by atoms with E-state index in [-0.39, 0.29) is 5.78 Å². The molecule has 4 aromatic rings. The number of rotatable bonds is 3. The zero-order chi connectivity index (χ0) is 21.5. The lowest BCUT2D eigenvalue weighted by molar-refractivity contribution is 0.103. The second kappa shape index (κ2) is 10.7. The Morgan fingerprint density at radius 3 is 1.17 bits per heavy atom. The predicted octanol–water partition coefficient (Wildman–Crippen LogP) is 8.88. The summed E-state index contributed by atoms with van der Waals surface area (Å²) in [5, 5.41) is 2.71. The van der Waals surface area contributed by atoms with Gasteiger partial charge in [0.2, 0.25) is 0 Å². The summed E-state index contributed by atoms with van der Waals surface area (Å²) in [6.07, 6.45) is 0. The third kappa shape index (κ3) is 6.35. The highest BCUT2D eigenvalue weighted by atomic mass is 35.5. The molecule has 4 aromatic carbocycles. The van der Waals surface area contributed by atoms with Gasteiger partial charge in [0.05, 0.1) is 0 Å². The SMILES string of the molecule is Clc1cccc(-c2cccc(Cl)c2)c1.O=C(c1ccc(Cl)cc1)c1ccc(Cl)cc1. The summed E-state index contributed by atoms with van der Waals surface area (Å²) >= 11 is 23.3. The standard InChI is InChI=1S/C13H8Cl2O.C12H8Cl2/c14-11-5-1-9(2-6-11)13(16)10-3-7-12(15)8-4-10;13-11-5-1-3-9(7-11)10-4-2-6-12(14)8-10/h1-8H;1-8H. The van der Waals surface area contributed by atoms with E-state index in [9.17, 15) is 4.79 Å². The average Bonchev–Trinajstić information content (AvgIpc) is 2.75. The summed E-state index contributed by atoms with van der Waals surface area (Å²) < 4.78 is 0. The van der Waals surface area contributed by atoms with Gasteiger partial charge in [-0.1, -0.05) is 70.7 Å². The van der Waals surface area contributed by atoms with Crippen molar-refractivity contribution in [2.24, 2.45) is 0 Å². The molecule has 0 aliphatic rings. The molecule has 0 N–H and O–H groups in total. The van der Waals surface area contributed by atoms with Crippen LogP contribution in [0.3, 0.4) is 0 Å². The molecule has 5 heteroatoms. The summed E-state index contributed by atoms with van der Waals surface area (Å²) in [6, 6.07) is 29.1. The van der Waals surface area contributed by atoms with Gasteiger partial charge in [0.15, 0.2) is 5.78 Å². The van der Waals surface area contributed by atoms with Crippen LogP contribution in [-0.2, 0) is 0 Å². The van der Waals surface area contributed by atoms with Crippen LogP contribution in [0.1, 0.15) is 15.9 Å². The molecule has 0 unspecified atom stereocenters. The molecule has 0 heterocycles. The summed E-state index contributed by atoms with van der Waals surface area (Å²) in [5.41, 5.74) is 3.40. The van der Waals surface area contributed by atoms with Crippen molar-refractivity contribution in [2.45, 2.75) is 0 Å². The highest BCUT2D eigenvalue weighted by Crippen LogP contribution is 2.24. The van der Waals surface area contributed by atoms with Gasteiger partial charge >= 0.3 is 0 Å². The van der Waals surface area contributed by atoms with Crippen LogP contribution in [0.15, 0.2) is 97.1 Å². The Balaban J connectivity index is 0.000000172. The molecule has 0 saturated heterocycles. The maximum absolute atomic E-state index is 12.0. The molecule has 0 radical (unpaired) electrons. The van der Waals surface area contributed by atoms with Crippen LogP contribution in [0.5, 0.6) is 0 Å². The van der Waals surface area contributed by atoms with Crippen molar-refractivity contribution in [3.8, 4) is 11.1 Å². The lowest BCUT2D eigenvalue weighted by Gasteiger charge is -2.02. The third-order valence-electron chi connectivity index (χ3n) is 4.20. The van der Waals surface area contributed by atoms with Gasteiger partial charge in [-0.2, -0.15) is 0 Å². The number of ketones is 1. The molecule has 0 aromatic heterocycles. The molecule has 0 fully saturated rings. The van der Waals surface area contributed by atoms with E-state index in [0.29, 0.717) is 21.2 Å². The summed E-state index contributed by atoms with van der Waals surface area (Å²) in [4.78, 5) is 12.0. The van der Waals surface area contributed by atoms with Gasteiger partial charge in [-0.3, -0.25) is 4.79 Å². The second-order valence-electron chi connectivity index (χ2n) is 6.36. The maximum atomic E-state index is 12.0. The van der Waals surface area contributed by atoms with E-state index in [0.717, 1.165) is 21.2 Å². The predicted molar refractivity (Wildman–Crippen MR) is 128 cm³/mol. The van der Waals surface area contributed by atoms with E-state index in [4.69, 9.17) is 46.4 Å². The van der Waals surface area contributed by atoms with E-state index in [1.807, 2.05) is 48.5 Å². The van der Waals surface area contributed by atoms with Crippen molar-refractivity contribution >= 4 is 52.2 Å². The van der Waals surface area contributed by atoms with Crippen molar-refractivity contribution in [1.29, 1.82) is 0 Å². The first kappa shape index (κ1) is 22.4. The molecular formula is C25H16Cl4O. The molecule has 150 valence electrons. The zero-order valence-electron chi connectivity index (χ0n) is 15.7. The molecule has 0 amide bonds. The van der Waals surface area contributed by atoms with Crippen molar-refractivity contribution in [1.82, 2.24) is 0 Å². The Kier molecular flexibility index (Phi) is 7.95. The molecule has 0 bridgehead atoms. The topological polar surface area (TPSA) is 17.1 Å². The van der Waals surface area contributed by atoms with Gasteiger partial charge in [0.1, 0.15) is 0 Å². The van der Waals surface area contributed by atoms with Crippen LogP contribution in [0.2, 0.25) is 20.1 Å². The minimum Gasteiger partial charge on any atom is -0.289 e. The molecular weight excluding hydrogens is 458 g/mol. The highest BCUT2D eigenvalue weighted by Gasteiger charge is 2.08. The first-order valence-corrected chi connectivity index (χ1v) is 10.5. The summed E-state index contributed by atoms with van der Waals surface area (Å²) in [5.74, 6) is -0.0340. The number of benzene rings is 4. The fourth-order valence-corrected chi connectivity index (χ4v) is 3.34. The minimum absolute atomic E-state index is 0.0340. The molecule has 1 nitrogen and oxygen atoms in total. The van der Waals surface area contributed by atoms with Crippen LogP contribution < -0.4 is 0 Å². The lowest BCUT2D eigenvalue weighted by atomic mass is 10.0. The molecule has 0 aliphatic carbocycles. The van der Waals surface area contributed by atoms with E-state index < -0.39 is 0 Å². The van der Waals surface area contributed by atoms with Crippen LogP contribution in [-0.4, -0.2) is 5.78 Å². The Morgan fingerprint density at radius 1 is 0.467 bits per heavy atom. The van der Waals surface area contributed by atoms with Crippen molar-refractivity contribution in [2.75, 3.05) is 0 Å². The van der Waals surface area contributed by atoms with Crippen molar-refractivity contribution in [3.63, 3.8) is 0 Å². The average molecular weight is 474 g/mol. The van der Waals surface area contributed by atoms with E-state index >= 15 is 0 Å². The number of carbonyl (C=O) groups is 1. The molecule has 0 atom stereocenters. The summed E-state index contributed by atoms with van der Waals surface area (Å²) in [6.45, 7) is 0. The Labute approximate surface area is 195 Å². The lowest BCUT2D eigenvalue weighted by Crippen LogP contribution is -2.00. The van der Waals surface area contributed by atoms with Crippen molar-refractivity contribution < 1.29 is 4.79 Å². The van der Waals surface area contributed by atoms with Crippen LogP contribution >= 0.6 is 46.4 Å². The quantitative estimate of drug-likeness (QED) is 0.271. The minimum atomic E-state index is -0.0340. The number of carbonyl (C=O) groups excluding carboxylic acids is 1. The fourth-order valence-electron chi connectivity index (χ4n) is 2.71. The van der Waals surface area contributed by atoms with Gasteiger partial charge in [-0.15, -0.1) is 0 Å². The fraction of sp³-hybridized carbons (Fsp3) is 0. The van der Waals surface area contributed by atoms with Crippen LogP contribution in [0.4, 0.5) is 0 Å². The van der Waals surface area contributed by atoms with Gasteiger partial charge in [-0.25, -0.2) is 0 Å². The largest absolute Gasteiger partial charge is 0.289 e. The number of hydrogen-bond donors (Lipinski definition) is 0.